The van der Waals surface area contributed by atoms with Crippen LogP contribution < -0.4 is 5.32 Å². The number of nitrogens with one attached hydrogen (secondary N) is 1. The van der Waals surface area contributed by atoms with E-state index in [1.165, 1.54) is 19.3 Å². The highest BCUT2D eigenvalue weighted by Crippen LogP contribution is 2.26. The number of phenols is 1. The number of phenolic OH excluding ortho intramolecular Hbond substituents is 1. The van der Waals surface area contributed by atoms with E-state index in [1.54, 1.807) is 12.1 Å². The van der Waals surface area contributed by atoms with Crippen molar-refractivity contribution < 1.29 is 9.84 Å². The molecular formula is C15H23NO2. The maximum absolute atomic E-state index is 9.41. The normalized spacial score (nSPS) is 17.4. The van der Waals surface area contributed by atoms with Crippen molar-refractivity contribution in [2.75, 3.05) is 19.8 Å². The quantitative estimate of drug-likeness (QED) is 0.730. The van der Waals surface area contributed by atoms with E-state index in [0.717, 1.165) is 31.2 Å². The molecule has 0 aromatic heterocycles. The SMILES string of the molecule is CC(NCCOCC1CCC1)c1cccc(O)c1. The van der Waals surface area contributed by atoms with Gasteiger partial charge in [0.2, 0.25) is 0 Å². The molecule has 1 aliphatic rings. The number of hydrogen-bond donors (Lipinski definition) is 2. The molecule has 1 unspecified atom stereocenters. The molecule has 2 N–H and O–H groups in total. The van der Waals surface area contributed by atoms with Crippen LogP contribution in [0, 0.1) is 5.92 Å². The lowest BCUT2D eigenvalue weighted by molar-refractivity contribution is 0.0710. The Labute approximate surface area is 109 Å². The Morgan fingerprint density at radius 2 is 2.28 bits per heavy atom. The highest BCUT2D eigenvalue weighted by atomic mass is 16.5. The monoisotopic (exact) mass is 249 g/mol. The number of aromatic hydroxyl groups is 1. The van der Waals surface area contributed by atoms with Crippen LogP contribution in [0.3, 0.4) is 0 Å². The molecule has 0 heterocycles. The van der Waals surface area contributed by atoms with Crippen LogP contribution in [-0.2, 0) is 4.74 Å². The number of ether oxygens (including phenoxy) is 1. The van der Waals surface area contributed by atoms with Crippen molar-refractivity contribution in [3.63, 3.8) is 0 Å². The summed E-state index contributed by atoms with van der Waals surface area (Å²) < 4.78 is 5.64. The Morgan fingerprint density at radius 3 is 2.94 bits per heavy atom. The van der Waals surface area contributed by atoms with Gasteiger partial charge < -0.3 is 15.2 Å². The highest BCUT2D eigenvalue weighted by molar-refractivity contribution is 5.28. The summed E-state index contributed by atoms with van der Waals surface area (Å²) in [6.45, 7) is 4.63. The van der Waals surface area contributed by atoms with E-state index in [9.17, 15) is 5.11 Å². The Morgan fingerprint density at radius 1 is 1.44 bits per heavy atom. The van der Waals surface area contributed by atoms with Gasteiger partial charge in [-0.25, -0.2) is 0 Å². The van der Waals surface area contributed by atoms with Crippen molar-refractivity contribution >= 4 is 0 Å². The second-order valence-corrected chi connectivity index (χ2v) is 5.14. The molecule has 1 atom stereocenters. The molecular weight excluding hydrogens is 226 g/mol. The average Bonchev–Trinajstić information content (AvgIpc) is 2.31. The van der Waals surface area contributed by atoms with Gasteiger partial charge in [0.15, 0.2) is 0 Å². The summed E-state index contributed by atoms with van der Waals surface area (Å²) in [5.41, 5.74) is 1.11. The molecule has 0 radical (unpaired) electrons. The van der Waals surface area contributed by atoms with Gasteiger partial charge in [-0.15, -0.1) is 0 Å². The van der Waals surface area contributed by atoms with E-state index in [1.807, 2.05) is 12.1 Å². The molecule has 1 aromatic carbocycles. The van der Waals surface area contributed by atoms with Gasteiger partial charge in [-0.1, -0.05) is 18.6 Å². The van der Waals surface area contributed by atoms with Gasteiger partial charge in [0.05, 0.1) is 6.61 Å². The molecule has 18 heavy (non-hydrogen) atoms. The predicted molar refractivity (Wildman–Crippen MR) is 72.7 cm³/mol. The van der Waals surface area contributed by atoms with Crippen molar-refractivity contribution in [1.82, 2.24) is 5.32 Å². The molecule has 0 saturated heterocycles. The molecule has 1 aromatic rings. The molecule has 1 fully saturated rings. The van der Waals surface area contributed by atoms with Crippen molar-refractivity contribution in [2.24, 2.45) is 5.92 Å². The zero-order chi connectivity index (χ0) is 12.8. The van der Waals surface area contributed by atoms with Gasteiger partial charge in [-0.05, 0) is 43.4 Å². The van der Waals surface area contributed by atoms with Crippen molar-refractivity contribution in [3.05, 3.63) is 29.8 Å². The first-order valence-corrected chi connectivity index (χ1v) is 6.86. The maximum atomic E-state index is 9.41. The summed E-state index contributed by atoms with van der Waals surface area (Å²) in [5.74, 6) is 1.14. The molecule has 0 aliphatic heterocycles. The van der Waals surface area contributed by atoms with E-state index in [4.69, 9.17) is 4.74 Å². The molecule has 0 spiro atoms. The molecule has 0 amide bonds. The van der Waals surface area contributed by atoms with E-state index < -0.39 is 0 Å². The first-order chi connectivity index (χ1) is 8.75. The lowest BCUT2D eigenvalue weighted by atomic mass is 9.86. The van der Waals surface area contributed by atoms with Crippen LogP contribution in [0.2, 0.25) is 0 Å². The first-order valence-electron chi connectivity index (χ1n) is 6.86. The van der Waals surface area contributed by atoms with Crippen molar-refractivity contribution in [1.29, 1.82) is 0 Å². The smallest absolute Gasteiger partial charge is 0.115 e. The summed E-state index contributed by atoms with van der Waals surface area (Å²) >= 11 is 0. The zero-order valence-corrected chi connectivity index (χ0v) is 11.1. The van der Waals surface area contributed by atoms with Crippen LogP contribution in [0.25, 0.3) is 0 Å². The summed E-state index contributed by atoms with van der Waals surface area (Å²) in [4.78, 5) is 0. The van der Waals surface area contributed by atoms with Gasteiger partial charge in [-0.2, -0.15) is 0 Å². The fourth-order valence-corrected chi connectivity index (χ4v) is 2.17. The minimum Gasteiger partial charge on any atom is -0.508 e. The highest BCUT2D eigenvalue weighted by Gasteiger charge is 2.16. The van der Waals surface area contributed by atoms with E-state index in [0.29, 0.717) is 5.75 Å². The predicted octanol–water partition coefficient (Wildman–Crippen LogP) is 2.86. The van der Waals surface area contributed by atoms with Crippen LogP contribution >= 0.6 is 0 Å². The zero-order valence-electron chi connectivity index (χ0n) is 11.1. The van der Waals surface area contributed by atoms with Crippen LogP contribution in [0.5, 0.6) is 5.75 Å². The molecule has 1 saturated carbocycles. The third-order valence-corrected chi connectivity index (χ3v) is 3.65. The largest absolute Gasteiger partial charge is 0.508 e. The first kappa shape index (κ1) is 13.4. The number of benzene rings is 1. The standard InChI is InChI=1S/C15H23NO2/c1-12(14-6-3-7-15(17)10-14)16-8-9-18-11-13-4-2-5-13/h3,6-7,10,12-13,16-17H,2,4-5,8-9,11H2,1H3. The van der Waals surface area contributed by atoms with E-state index >= 15 is 0 Å². The van der Waals surface area contributed by atoms with Gasteiger partial charge in [-0.3, -0.25) is 0 Å². The Balaban J connectivity index is 1.60. The van der Waals surface area contributed by atoms with Crippen molar-refractivity contribution in [3.8, 4) is 5.75 Å². The summed E-state index contributed by atoms with van der Waals surface area (Å²) in [6.07, 6.45) is 4.06. The summed E-state index contributed by atoms with van der Waals surface area (Å²) in [6, 6.07) is 7.62. The lowest BCUT2D eigenvalue weighted by Crippen LogP contribution is -2.25. The van der Waals surface area contributed by atoms with E-state index in [2.05, 4.69) is 12.2 Å². The molecule has 2 rings (SSSR count). The molecule has 3 heteroatoms. The summed E-state index contributed by atoms with van der Waals surface area (Å²) in [5, 5.41) is 12.8. The van der Waals surface area contributed by atoms with E-state index in [-0.39, 0.29) is 6.04 Å². The molecule has 100 valence electrons. The third-order valence-electron chi connectivity index (χ3n) is 3.65. The van der Waals surface area contributed by atoms with Crippen LogP contribution in [0.15, 0.2) is 24.3 Å². The molecule has 1 aliphatic carbocycles. The van der Waals surface area contributed by atoms with Gasteiger partial charge >= 0.3 is 0 Å². The lowest BCUT2D eigenvalue weighted by Gasteiger charge is -2.25. The topological polar surface area (TPSA) is 41.5 Å². The molecule has 3 nitrogen and oxygen atoms in total. The minimum atomic E-state index is 0.240. The fourth-order valence-electron chi connectivity index (χ4n) is 2.17. The van der Waals surface area contributed by atoms with Crippen LogP contribution in [-0.4, -0.2) is 24.9 Å². The second kappa shape index (κ2) is 6.76. The average molecular weight is 249 g/mol. The third kappa shape index (κ3) is 4.00. The van der Waals surface area contributed by atoms with Gasteiger partial charge in [0.1, 0.15) is 5.75 Å². The number of rotatable bonds is 7. The Kier molecular flexibility index (Phi) is 5.02. The Bertz CT molecular complexity index is 363. The Hall–Kier alpha value is -1.06. The second-order valence-electron chi connectivity index (χ2n) is 5.14. The van der Waals surface area contributed by atoms with Gasteiger partial charge in [0, 0.05) is 19.2 Å². The van der Waals surface area contributed by atoms with Crippen LogP contribution in [0.1, 0.15) is 37.8 Å². The van der Waals surface area contributed by atoms with Gasteiger partial charge in [0.25, 0.3) is 0 Å². The molecule has 0 bridgehead atoms. The number of hydrogen-bond acceptors (Lipinski definition) is 3. The minimum absolute atomic E-state index is 0.240. The maximum Gasteiger partial charge on any atom is 0.115 e. The summed E-state index contributed by atoms with van der Waals surface area (Å²) in [7, 11) is 0. The fraction of sp³-hybridized carbons (Fsp3) is 0.600. The van der Waals surface area contributed by atoms with Crippen molar-refractivity contribution in [2.45, 2.75) is 32.2 Å². The van der Waals surface area contributed by atoms with Crippen LogP contribution in [0.4, 0.5) is 0 Å².